The first-order valence-corrected chi connectivity index (χ1v) is 8.51. The Morgan fingerprint density at radius 2 is 2.29 bits per heavy atom. The van der Waals surface area contributed by atoms with E-state index in [1.165, 1.54) is 22.5 Å². The quantitative estimate of drug-likeness (QED) is 0.345. The van der Waals surface area contributed by atoms with Crippen molar-refractivity contribution in [3.63, 3.8) is 0 Å². The fourth-order valence-electron chi connectivity index (χ4n) is 1.87. The molecule has 1 fully saturated rings. The van der Waals surface area contributed by atoms with Crippen LogP contribution in [-0.2, 0) is 14.8 Å². The second-order valence-electron chi connectivity index (χ2n) is 4.32. The molecule has 2 rings (SSSR count). The molecule has 1 atom stereocenters. The van der Waals surface area contributed by atoms with Gasteiger partial charge >= 0.3 is 0 Å². The lowest BCUT2D eigenvalue weighted by Gasteiger charge is -2.31. The lowest BCUT2D eigenvalue weighted by molar-refractivity contribution is 0.0355. The van der Waals surface area contributed by atoms with Gasteiger partial charge in [0.15, 0.2) is 5.84 Å². The number of morpholine rings is 1. The van der Waals surface area contributed by atoms with Crippen molar-refractivity contribution in [1.82, 2.24) is 4.31 Å². The molecule has 1 unspecified atom stereocenters. The van der Waals surface area contributed by atoms with E-state index in [1.807, 2.05) is 0 Å². The zero-order valence-electron chi connectivity index (χ0n) is 10.7. The van der Waals surface area contributed by atoms with E-state index < -0.39 is 16.1 Å². The molecule has 0 aliphatic carbocycles. The van der Waals surface area contributed by atoms with Crippen molar-refractivity contribution in [3.05, 3.63) is 27.7 Å². The largest absolute Gasteiger partial charge is 0.409 e. The summed E-state index contributed by atoms with van der Waals surface area (Å²) in [6.45, 7) is 0.338. The van der Waals surface area contributed by atoms with E-state index in [2.05, 4.69) is 21.1 Å². The van der Waals surface area contributed by atoms with Crippen LogP contribution in [0.1, 0.15) is 0 Å². The summed E-state index contributed by atoms with van der Waals surface area (Å²) in [6, 6.07) is 4.36. The normalized spacial score (nSPS) is 21.4. The SMILES string of the molecule is N/C(=N/O)C1CN(S(=O)(=O)c2ccc(Cl)c(Br)c2)CCO1. The first kappa shape index (κ1) is 16.5. The van der Waals surface area contributed by atoms with Crippen molar-refractivity contribution in [1.29, 1.82) is 0 Å². The van der Waals surface area contributed by atoms with Crippen LogP contribution < -0.4 is 5.73 Å². The summed E-state index contributed by atoms with van der Waals surface area (Å²) in [5.74, 6) is -0.160. The molecule has 1 heterocycles. The van der Waals surface area contributed by atoms with Crippen LogP contribution in [-0.4, -0.2) is 49.6 Å². The van der Waals surface area contributed by atoms with Gasteiger partial charge in [0.2, 0.25) is 10.0 Å². The molecule has 0 saturated carbocycles. The van der Waals surface area contributed by atoms with Gasteiger partial charge in [0, 0.05) is 17.6 Å². The molecule has 116 valence electrons. The number of nitrogens with zero attached hydrogens (tertiary/aromatic N) is 2. The van der Waals surface area contributed by atoms with Gasteiger partial charge in [-0.15, -0.1) is 0 Å². The van der Waals surface area contributed by atoms with E-state index in [4.69, 9.17) is 27.3 Å². The summed E-state index contributed by atoms with van der Waals surface area (Å²) >= 11 is 9.06. The predicted molar refractivity (Wildman–Crippen MR) is 81.1 cm³/mol. The zero-order chi connectivity index (χ0) is 15.6. The number of hydrogen-bond donors (Lipinski definition) is 2. The fraction of sp³-hybridized carbons (Fsp3) is 0.364. The van der Waals surface area contributed by atoms with Gasteiger partial charge in [-0.2, -0.15) is 4.31 Å². The van der Waals surface area contributed by atoms with Crippen LogP contribution in [0.25, 0.3) is 0 Å². The second kappa shape index (κ2) is 6.49. The average Bonchev–Trinajstić information content (AvgIpc) is 2.49. The van der Waals surface area contributed by atoms with Crippen molar-refractivity contribution in [2.75, 3.05) is 19.7 Å². The van der Waals surface area contributed by atoms with Crippen molar-refractivity contribution < 1.29 is 18.4 Å². The molecule has 7 nitrogen and oxygen atoms in total. The first-order valence-electron chi connectivity index (χ1n) is 5.90. The van der Waals surface area contributed by atoms with Crippen LogP contribution in [0.3, 0.4) is 0 Å². The smallest absolute Gasteiger partial charge is 0.243 e. The van der Waals surface area contributed by atoms with E-state index in [9.17, 15) is 8.42 Å². The Morgan fingerprint density at radius 3 is 2.90 bits per heavy atom. The Labute approximate surface area is 135 Å². The second-order valence-corrected chi connectivity index (χ2v) is 7.52. The number of nitrogens with two attached hydrogens (primary N) is 1. The molecular formula is C11H13BrClN3O4S. The van der Waals surface area contributed by atoms with Crippen molar-refractivity contribution in [2.45, 2.75) is 11.0 Å². The molecule has 0 aromatic heterocycles. The third-order valence-corrected chi connectivity index (χ3v) is 6.08. The van der Waals surface area contributed by atoms with Crippen LogP contribution in [0.4, 0.5) is 0 Å². The molecular weight excluding hydrogens is 386 g/mol. The number of sulfonamides is 1. The zero-order valence-corrected chi connectivity index (χ0v) is 13.9. The van der Waals surface area contributed by atoms with Crippen LogP contribution in [0.15, 0.2) is 32.7 Å². The maximum atomic E-state index is 12.6. The van der Waals surface area contributed by atoms with Crippen LogP contribution in [0.5, 0.6) is 0 Å². The van der Waals surface area contributed by atoms with Gasteiger partial charge in [-0.3, -0.25) is 0 Å². The summed E-state index contributed by atoms with van der Waals surface area (Å²) < 4.78 is 32.1. The van der Waals surface area contributed by atoms with Crippen molar-refractivity contribution in [3.8, 4) is 0 Å². The topological polar surface area (TPSA) is 105 Å². The van der Waals surface area contributed by atoms with Crippen molar-refractivity contribution in [2.24, 2.45) is 10.9 Å². The number of hydrogen-bond acceptors (Lipinski definition) is 5. The van der Waals surface area contributed by atoms with Gasteiger partial charge in [-0.25, -0.2) is 8.42 Å². The summed E-state index contributed by atoms with van der Waals surface area (Å²) in [7, 11) is -3.70. The number of benzene rings is 1. The number of amidine groups is 1. The van der Waals surface area contributed by atoms with Gasteiger partial charge in [-0.1, -0.05) is 16.8 Å². The summed E-state index contributed by atoms with van der Waals surface area (Å²) in [5, 5.41) is 11.9. The van der Waals surface area contributed by atoms with Gasteiger partial charge in [0.1, 0.15) is 6.10 Å². The maximum absolute atomic E-state index is 12.6. The summed E-state index contributed by atoms with van der Waals surface area (Å²) in [5.41, 5.74) is 5.46. The highest BCUT2D eigenvalue weighted by atomic mass is 79.9. The molecule has 0 radical (unpaired) electrons. The highest BCUT2D eigenvalue weighted by Crippen LogP contribution is 2.27. The number of ether oxygens (including phenoxy) is 1. The van der Waals surface area contributed by atoms with E-state index in [0.717, 1.165) is 0 Å². The summed E-state index contributed by atoms with van der Waals surface area (Å²) in [6.07, 6.45) is -0.769. The molecule has 3 N–H and O–H groups in total. The maximum Gasteiger partial charge on any atom is 0.243 e. The molecule has 21 heavy (non-hydrogen) atoms. The molecule has 1 aliphatic rings. The number of rotatable bonds is 3. The number of oxime groups is 1. The van der Waals surface area contributed by atoms with Gasteiger partial charge in [0.25, 0.3) is 0 Å². The Bertz CT molecular complexity index is 667. The van der Waals surface area contributed by atoms with E-state index >= 15 is 0 Å². The monoisotopic (exact) mass is 397 g/mol. The third kappa shape index (κ3) is 3.49. The minimum Gasteiger partial charge on any atom is -0.409 e. The van der Waals surface area contributed by atoms with E-state index in [1.54, 1.807) is 0 Å². The van der Waals surface area contributed by atoms with E-state index in [0.29, 0.717) is 9.50 Å². The lowest BCUT2D eigenvalue weighted by atomic mass is 10.3. The molecule has 1 aromatic rings. The molecule has 1 aromatic carbocycles. The fourth-order valence-corrected chi connectivity index (χ4v) is 3.97. The van der Waals surface area contributed by atoms with Crippen LogP contribution in [0.2, 0.25) is 5.02 Å². The molecule has 0 spiro atoms. The third-order valence-electron chi connectivity index (χ3n) is 3.00. The molecule has 1 saturated heterocycles. The highest BCUT2D eigenvalue weighted by Gasteiger charge is 2.32. The minimum atomic E-state index is -3.70. The average molecular weight is 399 g/mol. The lowest BCUT2D eigenvalue weighted by Crippen LogP contribution is -2.50. The Hall–Kier alpha value is -0.870. The van der Waals surface area contributed by atoms with Crippen molar-refractivity contribution >= 4 is 43.4 Å². The molecule has 0 bridgehead atoms. The predicted octanol–water partition coefficient (Wildman–Crippen LogP) is 1.24. The Kier molecular flexibility index (Phi) is 5.10. The minimum absolute atomic E-state index is 0.0154. The van der Waals surface area contributed by atoms with Gasteiger partial charge < -0.3 is 15.7 Å². The van der Waals surface area contributed by atoms with E-state index in [-0.39, 0.29) is 30.4 Å². The summed E-state index contributed by atoms with van der Waals surface area (Å²) in [4.78, 5) is 0.110. The standard InChI is InChI=1S/C11H13BrClN3O4S/c12-8-5-7(1-2-9(8)13)21(18,19)16-3-4-20-10(6-16)11(14)15-17/h1-2,5,10,17H,3-4,6H2,(H2,14,15). The van der Waals surface area contributed by atoms with Crippen LogP contribution in [0, 0.1) is 0 Å². The Balaban J connectivity index is 2.28. The highest BCUT2D eigenvalue weighted by molar-refractivity contribution is 9.10. The van der Waals surface area contributed by atoms with Gasteiger partial charge in [0.05, 0.1) is 16.5 Å². The molecule has 0 amide bonds. The van der Waals surface area contributed by atoms with Crippen LogP contribution >= 0.6 is 27.5 Å². The molecule has 10 heteroatoms. The van der Waals surface area contributed by atoms with Gasteiger partial charge in [-0.05, 0) is 34.1 Å². The molecule has 1 aliphatic heterocycles. The number of halogens is 2. The Morgan fingerprint density at radius 1 is 1.57 bits per heavy atom. The first-order chi connectivity index (χ1) is 9.86.